The van der Waals surface area contributed by atoms with E-state index < -0.39 is 10.0 Å². The van der Waals surface area contributed by atoms with Gasteiger partial charge in [0.05, 0.1) is 16.5 Å². The molecule has 0 aliphatic heterocycles. The summed E-state index contributed by atoms with van der Waals surface area (Å²) in [6.07, 6.45) is 0. The van der Waals surface area contributed by atoms with Gasteiger partial charge in [-0.3, -0.25) is 0 Å². The Bertz CT molecular complexity index is 763. The molecule has 0 unspecified atom stereocenters. The summed E-state index contributed by atoms with van der Waals surface area (Å²) >= 11 is 4.83. The third-order valence-electron chi connectivity index (χ3n) is 2.67. The van der Waals surface area contributed by atoms with Gasteiger partial charge in [0.1, 0.15) is 0 Å². The highest BCUT2D eigenvalue weighted by Crippen LogP contribution is 2.23. The molecule has 0 fully saturated rings. The van der Waals surface area contributed by atoms with Gasteiger partial charge in [-0.25, -0.2) is 8.42 Å². The lowest BCUT2D eigenvalue weighted by Crippen LogP contribution is -2.26. The largest absolute Gasteiger partial charge is 0.243 e. The maximum Gasteiger partial charge on any atom is 0.243 e. The first kappa shape index (κ1) is 15.2. The fourth-order valence-corrected chi connectivity index (χ4v) is 4.43. The molecule has 0 radical (unpaired) electrons. The fourth-order valence-electron chi connectivity index (χ4n) is 1.65. The first-order valence-electron chi connectivity index (χ1n) is 5.63. The van der Waals surface area contributed by atoms with E-state index in [9.17, 15) is 8.42 Å². The summed E-state index contributed by atoms with van der Waals surface area (Å²) in [5.41, 5.74) is 0.332. The maximum absolute atomic E-state index is 12.4. The van der Waals surface area contributed by atoms with Crippen LogP contribution in [0.3, 0.4) is 0 Å². The molecule has 0 bridgehead atoms. The van der Waals surface area contributed by atoms with E-state index in [1.165, 1.54) is 34.8 Å². The van der Waals surface area contributed by atoms with E-state index in [0.717, 1.165) is 9.35 Å². The lowest BCUT2D eigenvalue weighted by Gasteiger charge is -2.16. The first-order chi connectivity index (χ1) is 9.43. The second-order valence-corrected chi connectivity index (χ2v) is 8.09. The summed E-state index contributed by atoms with van der Waals surface area (Å²) in [6.45, 7) is 0.301. The predicted molar refractivity (Wildman–Crippen MR) is 81.8 cm³/mol. The third kappa shape index (κ3) is 3.27. The molecule has 20 heavy (non-hydrogen) atoms. The molecule has 2 rings (SSSR count). The molecule has 0 amide bonds. The molecule has 104 valence electrons. The zero-order valence-electron chi connectivity index (χ0n) is 10.6. The van der Waals surface area contributed by atoms with Crippen molar-refractivity contribution in [3.63, 3.8) is 0 Å². The number of benzene rings is 1. The SMILES string of the molecule is CN(Cc1cc(Br)cs1)S(=O)(=O)c1cccc(C#N)c1. The number of hydrogen-bond acceptors (Lipinski definition) is 4. The van der Waals surface area contributed by atoms with Gasteiger partial charge in [-0.05, 0) is 40.2 Å². The Kier molecular flexibility index (Phi) is 4.60. The Morgan fingerprint density at radius 3 is 2.75 bits per heavy atom. The molecular weight excluding hydrogens is 360 g/mol. The van der Waals surface area contributed by atoms with Crippen molar-refractivity contribution in [2.45, 2.75) is 11.4 Å². The Morgan fingerprint density at radius 2 is 2.15 bits per heavy atom. The Morgan fingerprint density at radius 1 is 1.40 bits per heavy atom. The van der Waals surface area contributed by atoms with Gasteiger partial charge < -0.3 is 0 Å². The average Bonchev–Trinajstić information content (AvgIpc) is 2.84. The van der Waals surface area contributed by atoms with Crippen molar-refractivity contribution in [3.8, 4) is 6.07 Å². The van der Waals surface area contributed by atoms with Crippen LogP contribution < -0.4 is 0 Å². The highest BCUT2D eigenvalue weighted by atomic mass is 79.9. The van der Waals surface area contributed by atoms with Gasteiger partial charge in [0.2, 0.25) is 10.0 Å². The molecule has 7 heteroatoms. The molecule has 4 nitrogen and oxygen atoms in total. The van der Waals surface area contributed by atoms with Crippen LogP contribution >= 0.6 is 27.3 Å². The lowest BCUT2D eigenvalue weighted by molar-refractivity contribution is 0.469. The minimum Gasteiger partial charge on any atom is -0.207 e. The molecule has 1 aromatic carbocycles. The second kappa shape index (κ2) is 6.06. The van der Waals surface area contributed by atoms with Gasteiger partial charge in [0, 0.05) is 28.3 Å². The molecule has 0 N–H and O–H groups in total. The van der Waals surface area contributed by atoms with Crippen molar-refractivity contribution in [1.82, 2.24) is 4.31 Å². The third-order valence-corrected chi connectivity index (χ3v) is 6.15. The summed E-state index contributed by atoms with van der Waals surface area (Å²) in [5, 5.41) is 10.8. The standard InChI is InChI=1S/C13H11BrN2O2S2/c1-16(8-12-6-11(14)9-19-12)20(17,18)13-4-2-3-10(5-13)7-15/h2-6,9H,8H2,1H3. The van der Waals surface area contributed by atoms with Crippen molar-refractivity contribution < 1.29 is 8.42 Å². The van der Waals surface area contributed by atoms with Crippen molar-refractivity contribution in [3.05, 3.63) is 50.6 Å². The summed E-state index contributed by atoms with van der Waals surface area (Å²) in [5.74, 6) is 0. The molecule has 0 saturated carbocycles. The zero-order valence-corrected chi connectivity index (χ0v) is 13.8. The van der Waals surface area contributed by atoms with E-state index in [1.54, 1.807) is 12.1 Å². The van der Waals surface area contributed by atoms with Crippen LogP contribution in [-0.4, -0.2) is 19.8 Å². The van der Waals surface area contributed by atoms with Gasteiger partial charge in [0.15, 0.2) is 0 Å². The van der Waals surface area contributed by atoms with Crippen LogP contribution in [0.5, 0.6) is 0 Å². The number of sulfonamides is 1. The average molecular weight is 371 g/mol. The first-order valence-corrected chi connectivity index (χ1v) is 8.74. The molecule has 0 aliphatic carbocycles. The highest BCUT2D eigenvalue weighted by Gasteiger charge is 2.21. The molecule has 1 aromatic heterocycles. The van der Waals surface area contributed by atoms with Crippen LogP contribution in [0.15, 0.2) is 45.1 Å². The van der Waals surface area contributed by atoms with E-state index in [4.69, 9.17) is 5.26 Å². The van der Waals surface area contributed by atoms with Crippen molar-refractivity contribution in [2.24, 2.45) is 0 Å². The molecule has 0 aliphatic rings. The fraction of sp³-hybridized carbons (Fsp3) is 0.154. The monoisotopic (exact) mass is 370 g/mol. The van der Waals surface area contributed by atoms with Crippen LogP contribution in [-0.2, 0) is 16.6 Å². The lowest BCUT2D eigenvalue weighted by atomic mass is 10.2. The van der Waals surface area contributed by atoms with Gasteiger partial charge in [0.25, 0.3) is 0 Å². The normalized spacial score (nSPS) is 11.5. The summed E-state index contributed by atoms with van der Waals surface area (Å²) in [4.78, 5) is 1.08. The van der Waals surface area contributed by atoms with E-state index >= 15 is 0 Å². The van der Waals surface area contributed by atoms with Crippen LogP contribution in [0.2, 0.25) is 0 Å². The Hall–Kier alpha value is -1.20. The zero-order chi connectivity index (χ0) is 14.8. The Balaban J connectivity index is 2.27. The highest BCUT2D eigenvalue weighted by molar-refractivity contribution is 9.10. The summed E-state index contributed by atoms with van der Waals surface area (Å²) in [6, 6.07) is 9.87. The van der Waals surface area contributed by atoms with Crippen molar-refractivity contribution in [2.75, 3.05) is 7.05 Å². The summed E-state index contributed by atoms with van der Waals surface area (Å²) < 4.78 is 27.1. The minimum atomic E-state index is -3.59. The number of nitriles is 1. The molecular formula is C13H11BrN2O2S2. The number of hydrogen-bond donors (Lipinski definition) is 0. The van der Waals surface area contributed by atoms with Gasteiger partial charge >= 0.3 is 0 Å². The second-order valence-electron chi connectivity index (χ2n) is 4.13. The molecule has 0 spiro atoms. The van der Waals surface area contributed by atoms with Gasteiger partial charge in [-0.1, -0.05) is 6.07 Å². The number of rotatable bonds is 4. The van der Waals surface area contributed by atoms with Crippen LogP contribution in [0, 0.1) is 11.3 Å². The molecule has 1 heterocycles. The molecule has 0 atom stereocenters. The number of nitrogens with zero attached hydrogens (tertiary/aromatic N) is 2. The minimum absolute atomic E-state index is 0.134. The topological polar surface area (TPSA) is 61.2 Å². The molecule has 2 aromatic rings. The number of thiophene rings is 1. The maximum atomic E-state index is 12.4. The van der Waals surface area contributed by atoms with E-state index in [0.29, 0.717) is 12.1 Å². The quantitative estimate of drug-likeness (QED) is 0.829. The number of halogens is 1. The van der Waals surface area contributed by atoms with Crippen LogP contribution in [0.1, 0.15) is 10.4 Å². The van der Waals surface area contributed by atoms with Crippen molar-refractivity contribution >= 4 is 37.3 Å². The van der Waals surface area contributed by atoms with E-state index in [1.807, 2.05) is 17.5 Å². The smallest absolute Gasteiger partial charge is 0.207 e. The van der Waals surface area contributed by atoms with Crippen LogP contribution in [0.4, 0.5) is 0 Å². The molecule has 0 saturated heterocycles. The van der Waals surface area contributed by atoms with Crippen molar-refractivity contribution in [1.29, 1.82) is 5.26 Å². The van der Waals surface area contributed by atoms with Gasteiger partial charge in [-0.2, -0.15) is 9.57 Å². The van der Waals surface area contributed by atoms with Crippen LogP contribution in [0.25, 0.3) is 0 Å². The Labute approximate surface area is 130 Å². The van der Waals surface area contributed by atoms with Gasteiger partial charge in [-0.15, -0.1) is 11.3 Å². The summed E-state index contributed by atoms with van der Waals surface area (Å²) in [7, 11) is -2.06. The van der Waals surface area contributed by atoms with E-state index in [2.05, 4.69) is 15.9 Å². The predicted octanol–water partition coefficient (Wildman–Crippen LogP) is 3.20. The van der Waals surface area contributed by atoms with E-state index in [-0.39, 0.29) is 4.90 Å².